The molecular weight excluding hydrogens is 196 g/mol. The van der Waals surface area contributed by atoms with Crippen LogP contribution in [0.1, 0.15) is 19.2 Å². The Morgan fingerprint density at radius 1 is 1.50 bits per heavy atom. The molecule has 2 aliphatic rings. The van der Waals surface area contributed by atoms with Gasteiger partial charge in [0.05, 0.1) is 17.9 Å². The molecule has 0 saturated heterocycles. The summed E-state index contributed by atoms with van der Waals surface area (Å²) in [4.78, 5) is 12.5. The van der Waals surface area contributed by atoms with Crippen LogP contribution in [0.5, 0.6) is 0 Å². The van der Waals surface area contributed by atoms with Gasteiger partial charge in [0.2, 0.25) is 0 Å². The third-order valence-corrected chi connectivity index (χ3v) is 3.08. The van der Waals surface area contributed by atoms with Gasteiger partial charge in [0.15, 0.2) is 5.82 Å². The molecule has 0 saturated carbocycles. The van der Waals surface area contributed by atoms with Crippen molar-refractivity contribution in [2.45, 2.75) is 19.2 Å². The molecule has 2 rings (SSSR count). The Labute approximate surface area is 87.1 Å². The van der Waals surface area contributed by atoms with Gasteiger partial charge in [-0.2, -0.15) is 0 Å². The van der Waals surface area contributed by atoms with E-state index in [-0.39, 0.29) is 0 Å². The van der Waals surface area contributed by atoms with Crippen LogP contribution in [0.3, 0.4) is 0 Å². The summed E-state index contributed by atoms with van der Waals surface area (Å²) >= 11 is 1.86. The second-order valence-corrected chi connectivity index (χ2v) is 4.53. The second kappa shape index (κ2) is 3.96. The minimum atomic E-state index is 0.355. The Morgan fingerprint density at radius 3 is 3.14 bits per heavy atom. The maximum absolute atomic E-state index is 4.22. The number of fused-ring (bicyclic) bond motifs is 1. The van der Waals surface area contributed by atoms with Crippen molar-refractivity contribution in [1.82, 2.24) is 19.5 Å². The number of nitrogens with zero attached hydrogens (tertiary/aromatic N) is 4. The van der Waals surface area contributed by atoms with Crippen molar-refractivity contribution in [2.24, 2.45) is 0 Å². The molecule has 0 spiro atoms. The van der Waals surface area contributed by atoms with Crippen molar-refractivity contribution >= 4 is 11.8 Å². The smallest absolute Gasteiger partial charge is 0.164 e. The van der Waals surface area contributed by atoms with Gasteiger partial charge in [-0.25, -0.2) is 15.0 Å². The average molecular weight is 208 g/mol. The number of imidazole rings is 1. The quantitative estimate of drug-likeness (QED) is 0.774. The first kappa shape index (κ1) is 9.45. The van der Waals surface area contributed by atoms with Crippen LogP contribution in [-0.2, 0) is 0 Å². The van der Waals surface area contributed by atoms with E-state index in [1.54, 1.807) is 12.5 Å². The van der Waals surface area contributed by atoms with Crippen LogP contribution in [0.4, 0.5) is 0 Å². The summed E-state index contributed by atoms with van der Waals surface area (Å²) in [6.45, 7) is 4.29. The van der Waals surface area contributed by atoms with E-state index < -0.39 is 0 Å². The van der Waals surface area contributed by atoms with E-state index >= 15 is 0 Å². The first-order valence-corrected chi connectivity index (χ1v) is 5.62. The lowest BCUT2D eigenvalue weighted by Gasteiger charge is -2.16. The zero-order valence-electron chi connectivity index (χ0n) is 8.21. The molecule has 5 heteroatoms. The van der Waals surface area contributed by atoms with E-state index in [0.717, 1.165) is 17.3 Å². The Balaban J connectivity index is 2.38. The Kier molecular flexibility index (Phi) is 2.67. The average Bonchev–Trinajstić information content (AvgIpc) is 2.65. The SMILES string of the molecule is CCSC(C)n1cncc2ncnc1-2. The highest BCUT2D eigenvalue weighted by Crippen LogP contribution is 2.26. The summed E-state index contributed by atoms with van der Waals surface area (Å²) < 4.78 is 2.05. The molecule has 2 aliphatic heterocycles. The third kappa shape index (κ3) is 1.59. The van der Waals surface area contributed by atoms with Crippen LogP contribution in [0, 0.1) is 0 Å². The third-order valence-electron chi connectivity index (χ3n) is 2.04. The minimum absolute atomic E-state index is 0.355. The fraction of sp³-hybridized carbons (Fsp3) is 0.444. The summed E-state index contributed by atoms with van der Waals surface area (Å²) in [7, 11) is 0. The molecule has 1 atom stereocenters. The summed E-state index contributed by atoms with van der Waals surface area (Å²) in [6, 6.07) is 0. The maximum atomic E-state index is 4.22. The van der Waals surface area contributed by atoms with Gasteiger partial charge >= 0.3 is 0 Å². The molecule has 0 radical (unpaired) electrons. The van der Waals surface area contributed by atoms with Crippen molar-refractivity contribution in [2.75, 3.05) is 5.75 Å². The van der Waals surface area contributed by atoms with Crippen molar-refractivity contribution in [3.63, 3.8) is 0 Å². The lowest BCUT2D eigenvalue weighted by molar-refractivity contribution is 0.710. The van der Waals surface area contributed by atoms with Crippen molar-refractivity contribution in [3.8, 4) is 11.5 Å². The highest BCUT2D eigenvalue weighted by Gasteiger charge is 2.13. The molecule has 1 unspecified atom stereocenters. The summed E-state index contributed by atoms with van der Waals surface area (Å²) in [5.41, 5.74) is 0.857. The molecule has 0 amide bonds. The molecule has 0 aromatic rings. The number of rotatable bonds is 3. The highest BCUT2D eigenvalue weighted by atomic mass is 32.2. The van der Waals surface area contributed by atoms with Crippen LogP contribution in [-0.4, -0.2) is 25.3 Å². The van der Waals surface area contributed by atoms with Gasteiger partial charge in [-0.1, -0.05) is 6.92 Å². The summed E-state index contributed by atoms with van der Waals surface area (Å²) in [5.74, 6) is 1.99. The molecule has 0 aromatic heterocycles. The van der Waals surface area contributed by atoms with E-state index in [2.05, 4.69) is 33.4 Å². The Hall–Kier alpha value is -1.10. The molecule has 2 heterocycles. The number of thioether (sulfide) groups is 1. The summed E-state index contributed by atoms with van der Waals surface area (Å²) in [5, 5.41) is 0.355. The molecule has 0 aliphatic carbocycles. The molecule has 0 fully saturated rings. The maximum Gasteiger partial charge on any atom is 0.164 e. The minimum Gasteiger partial charge on any atom is -0.303 e. The Bertz CT molecular complexity index is 386. The zero-order valence-corrected chi connectivity index (χ0v) is 9.03. The highest BCUT2D eigenvalue weighted by molar-refractivity contribution is 7.99. The van der Waals surface area contributed by atoms with Crippen molar-refractivity contribution < 1.29 is 0 Å². The van der Waals surface area contributed by atoms with Crippen LogP contribution in [0.25, 0.3) is 11.5 Å². The van der Waals surface area contributed by atoms with Gasteiger partial charge in [0, 0.05) is 0 Å². The molecule has 74 valence electrons. The fourth-order valence-electron chi connectivity index (χ4n) is 1.38. The van der Waals surface area contributed by atoms with Crippen LogP contribution in [0.15, 0.2) is 18.9 Å². The van der Waals surface area contributed by atoms with Gasteiger partial charge in [0.25, 0.3) is 0 Å². The monoisotopic (exact) mass is 208 g/mol. The molecule has 0 aromatic carbocycles. The van der Waals surface area contributed by atoms with Crippen LogP contribution >= 0.6 is 11.8 Å². The van der Waals surface area contributed by atoms with Gasteiger partial charge in [0.1, 0.15) is 12.0 Å². The lowest BCUT2D eigenvalue weighted by Crippen LogP contribution is -2.07. The summed E-state index contributed by atoms with van der Waals surface area (Å²) in [6.07, 6.45) is 5.12. The van der Waals surface area contributed by atoms with Gasteiger partial charge in [-0.3, -0.25) is 0 Å². The molecule has 4 nitrogen and oxygen atoms in total. The topological polar surface area (TPSA) is 43.6 Å². The van der Waals surface area contributed by atoms with E-state index in [1.807, 2.05) is 18.1 Å². The molecule has 0 N–H and O–H groups in total. The van der Waals surface area contributed by atoms with E-state index in [0.29, 0.717) is 5.37 Å². The fourth-order valence-corrected chi connectivity index (χ4v) is 2.17. The molecule has 14 heavy (non-hydrogen) atoms. The predicted molar refractivity (Wildman–Crippen MR) is 57.3 cm³/mol. The van der Waals surface area contributed by atoms with Crippen molar-refractivity contribution in [3.05, 3.63) is 18.9 Å². The van der Waals surface area contributed by atoms with Crippen LogP contribution in [0.2, 0.25) is 0 Å². The lowest BCUT2D eigenvalue weighted by atomic mass is 10.4. The van der Waals surface area contributed by atoms with E-state index in [9.17, 15) is 0 Å². The van der Waals surface area contributed by atoms with Crippen molar-refractivity contribution in [1.29, 1.82) is 0 Å². The predicted octanol–water partition coefficient (Wildman–Crippen LogP) is 2.05. The Morgan fingerprint density at radius 2 is 2.36 bits per heavy atom. The molecule has 0 bridgehead atoms. The number of hydrogen-bond acceptors (Lipinski definition) is 4. The van der Waals surface area contributed by atoms with Crippen LogP contribution < -0.4 is 0 Å². The first-order chi connectivity index (χ1) is 6.83. The van der Waals surface area contributed by atoms with E-state index in [4.69, 9.17) is 0 Å². The molecular formula is C9H12N4S. The van der Waals surface area contributed by atoms with Gasteiger partial charge < -0.3 is 4.57 Å². The zero-order chi connectivity index (χ0) is 9.97. The first-order valence-electron chi connectivity index (χ1n) is 4.57. The number of hydrogen-bond donors (Lipinski definition) is 0. The van der Waals surface area contributed by atoms with Gasteiger partial charge in [-0.15, -0.1) is 11.8 Å². The van der Waals surface area contributed by atoms with E-state index in [1.165, 1.54) is 0 Å². The largest absolute Gasteiger partial charge is 0.303 e. The standard InChI is InChI=1S/C9H12N4S/c1-3-14-7(2)13-6-10-4-8-9(13)12-5-11-8/h4-7H,3H2,1-2H3. The normalized spacial score (nSPS) is 13.3. The van der Waals surface area contributed by atoms with Gasteiger partial charge in [-0.05, 0) is 12.7 Å². The second-order valence-electron chi connectivity index (χ2n) is 2.94. The number of aromatic nitrogens is 4.